The van der Waals surface area contributed by atoms with E-state index in [0.29, 0.717) is 11.5 Å². The molecule has 2 rings (SSSR count). The Morgan fingerprint density at radius 1 is 1.16 bits per heavy atom. The number of benzene rings is 2. The second kappa shape index (κ2) is 7.65. The molecule has 0 heterocycles. The van der Waals surface area contributed by atoms with Gasteiger partial charge in [-0.2, -0.15) is 13.2 Å². The Labute approximate surface area is 147 Å². The number of amides is 1. The van der Waals surface area contributed by atoms with Crippen LogP contribution in [-0.4, -0.2) is 19.1 Å². The normalized spacial score (nSPS) is 12.4. The number of hydrogen-bond donors (Lipinski definition) is 1. The van der Waals surface area contributed by atoms with Gasteiger partial charge in [0, 0.05) is 11.8 Å². The molecule has 8 heteroatoms. The Bertz CT molecular complexity index is 765. The van der Waals surface area contributed by atoms with Crippen molar-refractivity contribution in [3.8, 4) is 11.5 Å². The van der Waals surface area contributed by atoms with Crippen LogP contribution in [0.1, 0.15) is 12.5 Å². The Kier molecular flexibility index (Phi) is 5.79. The monoisotopic (exact) mass is 373 g/mol. The molecule has 0 aromatic heterocycles. The summed E-state index contributed by atoms with van der Waals surface area (Å²) >= 11 is 5.55. The maximum atomic E-state index is 12.8. The zero-order valence-corrected chi connectivity index (χ0v) is 14.1. The highest BCUT2D eigenvalue weighted by molar-refractivity contribution is 6.31. The molecule has 4 nitrogen and oxygen atoms in total. The van der Waals surface area contributed by atoms with Crippen LogP contribution in [0.2, 0.25) is 5.02 Å². The summed E-state index contributed by atoms with van der Waals surface area (Å²) in [4.78, 5) is 12.1. The topological polar surface area (TPSA) is 47.6 Å². The molecule has 0 aliphatic carbocycles. The van der Waals surface area contributed by atoms with Gasteiger partial charge < -0.3 is 14.8 Å². The first-order valence-corrected chi connectivity index (χ1v) is 7.57. The first-order chi connectivity index (χ1) is 11.7. The van der Waals surface area contributed by atoms with Crippen LogP contribution in [0.15, 0.2) is 42.5 Å². The number of nitrogens with one attached hydrogen (secondary N) is 1. The molecule has 0 spiro atoms. The number of anilines is 1. The van der Waals surface area contributed by atoms with E-state index in [0.717, 1.165) is 12.1 Å². The zero-order valence-electron chi connectivity index (χ0n) is 13.4. The first-order valence-electron chi connectivity index (χ1n) is 7.19. The van der Waals surface area contributed by atoms with Gasteiger partial charge in [-0.25, -0.2) is 0 Å². The third kappa shape index (κ3) is 5.03. The highest BCUT2D eigenvalue weighted by Gasteiger charge is 2.33. The highest BCUT2D eigenvalue weighted by atomic mass is 35.5. The summed E-state index contributed by atoms with van der Waals surface area (Å²) in [5, 5.41) is 1.94. The van der Waals surface area contributed by atoms with Crippen molar-refractivity contribution in [2.24, 2.45) is 0 Å². The number of methoxy groups -OCH3 is 1. The van der Waals surface area contributed by atoms with Crippen molar-refractivity contribution < 1.29 is 27.4 Å². The van der Waals surface area contributed by atoms with Gasteiger partial charge in [-0.1, -0.05) is 17.7 Å². The number of alkyl halides is 3. The molecular weight excluding hydrogens is 359 g/mol. The summed E-state index contributed by atoms with van der Waals surface area (Å²) in [6.45, 7) is 1.48. The van der Waals surface area contributed by atoms with E-state index in [1.807, 2.05) is 0 Å². The first kappa shape index (κ1) is 18.9. The lowest BCUT2D eigenvalue weighted by Crippen LogP contribution is -2.30. The average molecular weight is 374 g/mol. The Morgan fingerprint density at radius 2 is 1.84 bits per heavy atom. The van der Waals surface area contributed by atoms with Crippen molar-refractivity contribution in [1.29, 1.82) is 0 Å². The molecule has 1 unspecified atom stereocenters. The SMILES string of the molecule is COc1cccc(OC(C)C(=O)Nc2ccc(Cl)c(C(F)(F)F)c2)c1. The van der Waals surface area contributed by atoms with Gasteiger partial charge in [0.2, 0.25) is 0 Å². The molecule has 2 aromatic rings. The van der Waals surface area contributed by atoms with Crippen LogP contribution in [0.25, 0.3) is 0 Å². The number of rotatable bonds is 5. The van der Waals surface area contributed by atoms with Crippen molar-refractivity contribution >= 4 is 23.2 Å². The molecule has 0 saturated heterocycles. The van der Waals surface area contributed by atoms with E-state index in [2.05, 4.69) is 5.32 Å². The minimum atomic E-state index is -4.61. The summed E-state index contributed by atoms with van der Waals surface area (Å²) < 4.78 is 49.1. The smallest absolute Gasteiger partial charge is 0.417 e. The minimum Gasteiger partial charge on any atom is -0.497 e. The van der Waals surface area contributed by atoms with E-state index in [1.165, 1.54) is 20.1 Å². The van der Waals surface area contributed by atoms with Crippen LogP contribution >= 0.6 is 11.6 Å². The van der Waals surface area contributed by atoms with Crippen LogP contribution in [0.4, 0.5) is 18.9 Å². The largest absolute Gasteiger partial charge is 0.497 e. The van der Waals surface area contributed by atoms with E-state index in [1.54, 1.807) is 24.3 Å². The minimum absolute atomic E-state index is 0.0252. The fourth-order valence-electron chi connectivity index (χ4n) is 2.00. The summed E-state index contributed by atoms with van der Waals surface area (Å²) in [5.41, 5.74) is -1.05. The van der Waals surface area contributed by atoms with Gasteiger partial charge in [0.05, 0.1) is 17.7 Å². The molecule has 0 bridgehead atoms. The van der Waals surface area contributed by atoms with E-state index < -0.39 is 28.8 Å². The van der Waals surface area contributed by atoms with Crippen LogP contribution in [0, 0.1) is 0 Å². The Balaban J connectivity index is 2.08. The number of carbonyl (C=O) groups is 1. The van der Waals surface area contributed by atoms with Crippen molar-refractivity contribution in [3.63, 3.8) is 0 Å². The number of ether oxygens (including phenoxy) is 2. The molecule has 134 valence electrons. The van der Waals surface area contributed by atoms with Gasteiger partial charge in [0.15, 0.2) is 6.10 Å². The van der Waals surface area contributed by atoms with Gasteiger partial charge in [0.1, 0.15) is 11.5 Å². The van der Waals surface area contributed by atoms with E-state index >= 15 is 0 Å². The summed E-state index contributed by atoms with van der Waals surface area (Å²) in [5.74, 6) is 0.352. The quantitative estimate of drug-likeness (QED) is 0.821. The molecule has 0 aliphatic rings. The van der Waals surface area contributed by atoms with E-state index in [-0.39, 0.29) is 5.69 Å². The van der Waals surface area contributed by atoms with Crippen molar-refractivity contribution in [2.45, 2.75) is 19.2 Å². The summed E-state index contributed by atoms with van der Waals surface area (Å²) in [7, 11) is 1.49. The third-order valence-electron chi connectivity index (χ3n) is 3.26. The third-order valence-corrected chi connectivity index (χ3v) is 3.59. The van der Waals surface area contributed by atoms with Gasteiger partial charge >= 0.3 is 6.18 Å². The molecule has 1 amide bonds. The molecule has 1 atom stereocenters. The fraction of sp³-hybridized carbons (Fsp3) is 0.235. The highest BCUT2D eigenvalue weighted by Crippen LogP contribution is 2.36. The Hall–Kier alpha value is -2.41. The molecule has 0 saturated carbocycles. The zero-order chi connectivity index (χ0) is 18.6. The molecule has 0 radical (unpaired) electrons. The van der Waals surface area contributed by atoms with Crippen LogP contribution in [0.3, 0.4) is 0 Å². The predicted octanol–water partition coefficient (Wildman–Crippen LogP) is 4.77. The Morgan fingerprint density at radius 3 is 2.48 bits per heavy atom. The second-order valence-corrected chi connectivity index (χ2v) is 5.53. The van der Waals surface area contributed by atoms with Crippen molar-refractivity contribution in [3.05, 3.63) is 53.1 Å². The summed E-state index contributed by atoms with van der Waals surface area (Å²) in [6.07, 6.45) is -5.54. The maximum absolute atomic E-state index is 12.8. The van der Waals surface area contributed by atoms with Gasteiger partial charge in [0.25, 0.3) is 5.91 Å². The molecule has 2 aromatic carbocycles. The predicted molar refractivity (Wildman–Crippen MR) is 88.2 cm³/mol. The lowest BCUT2D eigenvalue weighted by Gasteiger charge is -2.16. The number of halogens is 4. The second-order valence-electron chi connectivity index (χ2n) is 5.12. The van der Waals surface area contributed by atoms with Crippen molar-refractivity contribution in [2.75, 3.05) is 12.4 Å². The molecule has 25 heavy (non-hydrogen) atoms. The number of carbonyl (C=O) groups excluding carboxylic acids is 1. The van der Waals surface area contributed by atoms with Crippen LogP contribution < -0.4 is 14.8 Å². The molecular formula is C17H15ClF3NO3. The standard InChI is InChI=1S/C17H15ClF3NO3/c1-10(25-13-5-3-4-12(9-13)24-2)16(23)22-11-6-7-15(18)14(8-11)17(19,20)21/h3-10H,1-2H3,(H,22,23). The molecule has 0 aliphatic heterocycles. The van der Waals surface area contributed by atoms with Crippen LogP contribution in [-0.2, 0) is 11.0 Å². The molecule has 1 N–H and O–H groups in total. The van der Waals surface area contributed by atoms with E-state index in [4.69, 9.17) is 21.1 Å². The summed E-state index contributed by atoms with van der Waals surface area (Å²) in [6, 6.07) is 9.77. The average Bonchev–Trinajstić information content (AvgIpc) is 2.55. The van der Waals surface area contributed by atoms with Crippen LogP contribution in [0.5, 0.6) is 11.5 Å². The fourth-order valence-corrected chi connectivity index (χ4v) is 2.22. The molecule has 0 fully saturated rings. The van der Waals surface area contributed by atoms with E-state index in [9.17, 15) is 18.0 Å². The lowest BCUT2D eigenvalue weighted by atomic mass is 10.2. The maximum Gasteiger partial charge on any atom is 0.417 e. The van der Waals surface area contributed by atoms with Crippen molar-refractivity contribution in [1.82, 2.24) is 0 Å². The van der Waals surface area contributed by atoms with Gasteiger partial charge in [-0.3, -0.25) is 4.79 Å². The number of hydrogen-bond acceptors (Lipinski definition) is 3. The lowest BCUT2D eigenvalue weighted by molar-refractivity contribution is -0.137. The van der Waals surface area contributed by atoms with Gasteiger partial charge in [-0.05, 0) is 37.3 Å². The van der Waals surface area contributed by atoms with Gasteiger partial charge in [-0.15, -0.1) is 0 Å².